The molecule has 0 aliphatic heterocycles. The van der Waals surface area contributed by atoms with E-state index in [1.54, 1.807) is 12.1 Å². The van der Waals surface area contributed by atoms with E-state index >= 15 is 0 Å². The molecule has 3 rings (SSSR count). The van der Waals surface area contributed by atoms with Gasteiger partial charge in [0.25, 0.3) is 0 Å². The molecule has 0 spiro atoms. The summed E-state index contributed by atoms with van der Waals surface area (Å²) >= 11 is 0. The molecule has 0 saturated heterocycles. The molecule has 29 heavy (non-hydrogen) atoms. The Morgan fingerprint density at radius 3 is 2.59 bits per heavy atom. The van der Waals surface area contributed by atoms with Crippen molar-refractivity contribution in [1.29, 1.82) is 0 Å². The molecule has 0 unspecified atom stereocenters. The van der Waals surface area contributed by atoms with E-state index < -0.39 is 5.97 Å². The maximum absolute atomic E-state index is 11.5. The molecule has 0 amide bonds. The van der Waals surface area contributed by atoms with Gasteiger partial charge in [0.15, 0.2) is 5.82 Å². The molecule has 2 aromatic carbocycles. The zero-order valence-corrected chi connectivity index (χ0v) is 16.7. The summed E-state index contributed by atoms with van der Waals surface area (Å²) in [5, 5.41) is 13.9. The third-order valence-corrected chi connectivity index (χ3v) is 4.37. The second-order valence-electron chi connectivity index (χ2n) is 6.62. The fraction of sp³-hybridized carbons (Fsp3) is 0.261. The van der Waals surface area contributed by atoms with Crippen LogP contribution in [0, 0.1) is 0 Å². The maximum atomic E-state index is 11.5. The normalized spacial score (nSPS) is 11.1. The first-order chi connectivity index (χ1) is 14.1. The van der Waals surface area contributed by atoms with Gasteiger partial charge < -0.3 is 9.84 Å². The molecule has 0 saturated carbocycles. The number of ether oxygens (including phenoxy) is 1. The second-order valence-corrected chi connectivity index (χ2v) is 6.62. The summed E-state index contributed by atoms with van der Waals surface area (Å²) < 4.78 is 7.39. The van der Waals surface area contributed by atoms with Crippen LogP contribution in [0.2, 0.25) is 0 Å². The van der Waals surface area contributed by atoms with E-state index in [-0.39, 0.29) is 0 Å². The second kappa shape index (κ2) is 9.68. The zero-order valence-electron chi connectivity index (χ0n) is 16.7. The Hall–Kier alpha value is -3.41. The van der Waals surface area contributed by atoms with Crippen LogP contribution < -0.4 is 4.74 Å². The monoisotopic (exact) mass is 391 g/mol. The van der Waals surface area contributed by atoms with Crippen LogP contribution in [0.3, 0.4) is 0 Å². The molecular weight excluding hydrogens is 366 g/mol. The molecular formula is C23H25N3O3. The summed E-state index contributed by atoms with van der Waals surface area (Å²) in [5.74, 6) is -0.183. The third-order valence-electron chi connectivity index (χ3n) is 4.37. The van der Waals surface area contributed by atoms with Crippen molar-refractivity contribution in [3.63, 3.8) is 0 Å². The summed E-state index contributed by atoms with van der Waals surface area (Å²) in [6, 6.07) is 15.2. The first-order valence-corrected chi connectivity index (χ1v) is 9.78. The Labute approximate surface area is 170 Å². The van der Waals surface area contributed by atoms with E-state index in [0.717, 1.165) is 29.8 Å². The molecule has 150 valence electrons. The summed E-state index contributed by atoms with van der Waals surface area (Å²) in [5.41, 5.74) is 2.90. The Morgan fingerprint density at radius 1 is 1.14 bits per heavy atom. The van der Waals surface area contributed by atoms with Crippen molar-refractivity contribution in [2.24, 2.45) is 0 Å². The molecule has 3 aromatic rings. The van der Waals surface area contributed by atoms with Gasteiger partial charge in [-0.25, -0.2) is 9.48 Å². The first-order valence-electron chi connectivity index (χ1n) is 9.78. The average Bonchev–Trinajstić information content (AvgIpc) is 3.12. The predicted octanol–water partition coefficient (Wildman–Crippen LogP) is 4.90. The lowest BCUT2D eigenvalue weighted by Crippen LogP contribution is -2.05. The van der Waals surface area contributed by atoms with Gasteiger partial charge in [-0.2, -0.15) is 4.98 Å². The highest BCUT2D eigenvalue weighted by atomic mass is 16.5. The third kappa shape index (κ3) is 5.10. The summed E-state index contributed by atoms with van der Waals surface area (Å²) in [6.45, 7) is 5.24. The van der Waals surface area contributed by atoms with Crippen molar-refractivity contribution in [1.82, 2.24) is 14.8 Å². The molecule has 1 N–H and O–H groups in total. The summed E-state index contributed by atoms with van der Waals surface area (Å²) in [7, 11) is 0. The van der Waals surface area contributed by atoms with Crippen molar-refractivity contribution in [2.45, 2.75) is 33.2 Å². The molecule has 1 aromatic heterocycles. The minimum absolute atomic E-state index is 0.293. The van der Waals surface area contributed by atoms with E-state index in [1.807, 2.05) is 60.2 Å². The fourth-order valence-corrected chi connectivity index (χ4v) is 2.93. The highest BCUT2D eigenvalue weighted by Crippen LogP contribution is 2.24. The van der Waals surface area contributed by atoms with E-state index in [4.69, 9.17) is 4.74 Å². The number of carbonyl (C=O) groups is 1. The number of hydrogen-bond donors (Lipinski definition) is 1. The molecule has 0 bridgehead atoms. The van der Waals surface area contributed by atoms with Crippen LogP contribution in [0.15, 0.2) is 54.6 Å². The van der Waals surface area contributed by atoms with E-state index in [2.05, 4.69) is 17.0 Å². The first kappa shape index (κ1) is 20.3. The Bertz CT molecular complexity index is 991. The number of carboxylic acid groups (broad SMARTS) is 1. The smallest absolute Gasteiger partial charge is 0.336 e. The SMILES string of the molecule is CCC=Cc1nc(OCCC)nn1Cc1ccc(-c2ccccc2C(=O)O)cc1. The predicted molar refractivity (Wildman–Crippen MR) is 113 cm³/mol. The molecule has 0 fully saturated rings. The molecule has 0 aliphatic carbocycles. The van der Waals surface area contributed by atoms with Crippen molar-refractivity contribution in [3.05, 3.63) is 71.6 Å². The van der Waals surface area contributed by atoms with Gasteiger partial charge in [-0.1, -0.05) is 62.4 Å². The van der Waals surface area contributed by atoms with Gasteiger partial charge in [0.05, 0.1) is 18.7 Å². The van der Waals surface area contributed by atoms with Gasteiger partial charge >= 0.3 is 12.0 Å². The molecule has 0 radical (unpaired) electrons. The number of allylic oxidation sites excluding steroid dienone is 1. The number of hydrogen-bond acceptors (Lipinski definition) is 4. The fourth-order valence-electron chi connectivity index (χ4n) is 2.93. The van der Waals surface area contributed by atoms with E-state index in [1.165, 1.54) is 0 Å². The van der Waals surface area contributed by atoms with Gasteiger partial charge in [0.2, 0.25) is 0 Å². The van der Waals surface area contributed by atoms with Crippen LogP contribution in [0.1, 0.15) is 48.4 Å². The van der Waals surface area contributed by atoms with Gasteiger partial charge in [-0.05, 0) is 41.7 Å². The molecule has 0 aliphatic rings. The maximum Gasteiger partial charge on any atom is 0.336 e. The van der Waals surface area contributed by atoms with Gasteiger partial charge in [-0.3, -0.25) is 0 Å². The van der Waals surface area contributed by atoms with Crippen LogP contribution in [0.4, 0.5) is 0 Å². The van der Waals surface area contributed by atoms with E-state index in [0.29, 0.717) is 30.3 Å². The average molecular weight is 391 g/mol. The Balaban J connectivity index is 1.84. The minimum Gasteiger partial charge on any atom is -0.478 e. The van der Waals surface area contributed by atoms with Gasteiger partial charge in [-0.15, -0.1) is 5.10 Å². The van der Waals surface area contributed by atoms with Crippen molar-refractivity contribution >= 4 is 12.0 Å². The van der Waals surface area contributed by atoms with Crippen LogP contribution in [-0.4, -0.2) is 32.4 Å². The number of aromatic nitrogens is 3. The lowest BCUT2D eigenvalue weighted by molar-refractivity contribution is 0.0697. The van der Waals surface area contributed by atoms with Crippen molar-refractivity contribution < 1.29 is 14.6 Å². The minimum atomic E-state index is -0.931. The number of benzene rings is 2. The zero-order chi connectivity index (χ0) is 20.6. The number of aromatic carboxylic acids is 1. The largest absolute Gasteiger partial charge is 0.478 e. The molecule has 6 heteroatoms. The summed E-state index contributed by atoms with van der Waals surface area (Å²) in [6.07, 6.45) is 5.79. The number of nitrogens with zero attached hydrogens (tertiary/aromatic N) is 3. The standard InChI is InChI=1S/C23H25N3O3/c1-3-5-10-21-24-23(29-15-4-2)25-26(21)16-17-11-13-18(14-12-17)19-8-6-7-9-20(19)22(27)28/h5-14H,3-4,15-16H2,1-2H3,(H,27,28). The topological polar surface area (TPSA) is 77.2 Å². The lowest BCUT2D eigenvalue weighted by Gasteiger charge is -2.08. The highest BCUT2D eigenvalue weighted by Gasteiger charge is 2.12. The lowest BCUT2D eigenvalue weighted by atomic mass is 9.99. The quantitative estimate of drug-likeness (QED) is 0.561. The van der Waals surface area contributed by atoms with E-state index in [9.17, 15) is 9.90 Å². The van der Waals surface area contributed by atoms with Gasteiger partial charge in [0, 0.05) is 0 Å². The van der Waals surface area contributed by atoms with Crippen LogP contribution >= 0.6 is 0 Å². The van der Waals surface area contributed by atoms with Crippen LogP contribution in [0.5, 0.6) is 6.01 Å². The van der Waals surface area contributed by atoms with Gasteiger partial charge in [0.1, 0.15) is 0 Å². The van der Waals surface area contributed by atoms with Crippen LogP contribution in [-0.2, 0) is 6.54 Å². The Kier molecular flexibility index (Phi) is 6.79. The Morgan fingerprint density at radius 2 is 1.90 bits per heavy atom. The molecule has 0 atom stereocenters. The van der Waals surface area contributed by atoms with Crippen molar-refractivity contribution in [2.75, 3.05) is 6.61 Å². The van der Waals surface area contributed by atoms with Crippen molar-refractivity contribution in [3.8, 4) is 17.1 Å². The number of rotatable bonds is 9. The molecule has 6 nitrogen and oxygen atoms in total. The summed E-state index contributed by atoms with van der Waals surface area (Å²) in [4.78, 5) is 15.9. The number of carboxylic acids is 1. The molecule has 1 heterocycles. The highest BCUT2D eigenvalue weighted by molar-refractivity contribution is 5.95. The van der Waals surface area contributed by atoms with Crippen LogP contribution in [0.25, 0.3) is 17.2 Å².